The molecular formula is C19H14BrFO. The minimum Gasteiger partial charge on any atom is -0.505 e. The van der Waals surface area contributed by atoms with Crippen molar-refractivity contribution in [3.63, 3.8) is 0 Å². The van der Waals surface area contributed by atoms with E-state index in [9.17, 15) is 9.50 Å². The van der Waals surface area contributed by atoms with Crippen molar-refractivity contribution in [3.05, 3.63) is 88.1 Å². The molecule has 0 amide bonds. The lowest BCUT2D eigenvalue weighted by Gasteiger charge is -2.10. The van der Waals surface area contributed by atoms with Crippen LogP contribution in [0.4, 0.5) is 4.39 Å². The van der Waals surface area contributed by atoms with E-state index in [1.165, 1.54) is 0 Å². The van der Waals surface area contributed by atoms with Crippen molar-refractivity contribution in [1.29, 1.82) is 0 Å². The fraction of sp³-hybridized carbons (Fsp3) is 0.0526. The number of phenols is 1. The van der Waals surface area contributed by atoms with E-state index in [1.807, 2.05) is 54.6 Å². The SMILES string of the molecule is Oc1c(Cc2ccccc2)ccc(-c2ccc(Br)cc2)c1F. The number of aromatic hydroxyl groups is 1. The molecule has 1 nitrogen and oxygen atoms in total. The van der Waals surface area contributed by atoms with E-state index in [4.69, 9.17) is 0 Å². The number of halogens is 2. The molecule has 3 rings (SSSR count). The second-order valence-corrected chi connectivity index (χ2v) is 6.02. The summed E-state index contributed by atoms with van der Waals surface area (Å²) >= 11 is 3.36. The molecule has 0 spiro atoms. The first-order chi connectivity index (χ1) is 10.6. The van der Waals surface area contributed by atoms with Crippen molar-refractivity contribution in [2.75, 3.05) is 0 Å². The lowest BCUT2D eigenvalue weighted by atomic mass is 9.98. The van der Waals surface area contributed by atoms with Crippen LogP contribution in [0.15, 0.2) is 71.2 Å². The smallest absolute Gasteiger partial charge is 0.172 e. The van der Waals surface area contributed by atoms with Crippen molar-refractivity contribution < 1.29 is 9.50 Å². The summed E-state index contributed by atoms with van der Waals surface area (Å²) in [5.41, 5.74) is 2.77. The largest absolute Gasteiger partial charge is 0.505 e. The van der Waals surface area contributed by atoms with Crippen LogP contribution >= 0.6 is 15.9 Å². The summed E-state index contributed by atoms with van der Waals surface area (Å²) in [5.74, 6) is -0.847. The van der Waals surface area contributed by atoms with Crippen LogP contribution in [0.2, 0.25) is 0 Å². The first-order valence-electron chi connectivity index (χ1n) is 6.95. The molecule has 0 heterocycles. The normalized spacial score (nSPS) is 10.6. The molecule has 3 heteroatoms. The van der Waals surface area contributed by atoms with Gasteiger partial charge < -0.3 is 5.11 Å². The summed E-state index contributed by atoms with van der Waals surface area (Å²) < 4.78 is 15.4. The van der Waals surface area contributed by atoms with E-state index in [2.05, 4.69) is 15.9 Å². The molecule has 110 valence electrons. The maximum Gasteiger partial charge on any atom is 0.172 e. The van der Waals surface area contributed by atoms with Gasteiger partial charge in [-0.25, -0.2) is 4.39 Å². The van der Waals surface area contributed by atoms with Crippen LogP contribution in [-0.2, 0) is 6.42 Å². The van der Waals surface area contributed by atoms with E-state index in [0.29, 0.717) is 17.5 Å². The Labute approximate surface area is 137 Å². The first kappa shape index (κ1) is 14.8. The first-order valence-corrected chi connectivity index (χ1v) is 7.74. The van der Waals surface area contributed by atoms with Crippen LogP contribution in [-0.4, -0.2) is 5.11 Å². The number of rotatable bonds is 3. The summed E-state index contributed by atoms with van der Waals surface area (Å²) in [6, 6.07) is 20.5. The maximum absolute atomic E-state index is 14.5. The lowest BCUT2D eigenvalue weighted by Crippen LogP contribution is -1.93. The number of benzene rings is 3. The third-order valence-electron chi connectivity index (χ3n) is 3.59. The maximum atomic E-state index is 14.5. The van der Waals surface area contributed by atoms with E-state index in [-0.39, 0.29) is 5.75 Å². The van der Waals surface area contributed by atoms with Gasteiger partial charge in [-0.2, -0.15) is 0 Å². The Bertz CT molecular complexity index is 783. The standard InChI is InChI=1S/C19H14BrFO/c20-16-9-6-14(7-10-16)17-11-8-15(19(22)18(17)21)12-13-4-2-1-3-5-13/h1-11,22H,12H2. The average Bonchev–Trinajstić information content (AvgIpc) is 2.54. The van der Waals surface area contributed by atoms with Crippen LogP contribution < -0.4 is 0 Å². The third kappa shape index (κ3) is 3.04. The molecule has 0 aliphatic heterocycles. The van der Waals surface area contributed by atoms with Gasteiger partial charge in [0.1, 0.15) is 0 Å². The second-order valence-electron chi connectivity index (χ2n) is 5.10. The highest BCUT2D eigenvalue weighted by atomic mass is 79.9. The zero-order chi connectivity index (χ0) is 15.5. The van der Waals surface area contributed by atoms with Gasteiger partial charge in [0.15, 0.2) is 11.6 Å². The molecule has 0 unspecified atom stereocenters. The Kier molecular flexibility index (Phi) is 4.25. The molecular weight excluding hydrogens is 343 g/mol. The zero-order valence-corrected chi connectivity index (χ0v) is 13.3. The van der Waals surface area contributed by atoms with Crippen molar-refractivity contribution in [2.24, 2.45) is 0 Å². The van der Waals surface area contributed by atoms with Crippen LogP contribution in [0.25, 0.3) is 11.1 Å². The van der Waals surface area contributed by atoms with Gasteiger partial charge in [-0.05, 0) is 23.3 Å². The van der Waals surface area contributed by atoms with Crippen molar-refractivity contribution >= 4 is 15.9 Å². The quantitative estimate of drug-likeness (QED) is 0.651. The van der Waals surface area contributed by atoms with Gasteiger partial charge in [0.05, 0.1) is 0 Å². The molecule has 3 aromatic carbocycles. The Morgan fingerprint density at radius 1 is 0.864 bits per heavy atom. The van der Waals surface area contributed by atoms with Crippen LogP contribution in [0, 0.1) is 5.82 Å². The van der Waals surface area contributed by atoms with Crippen molar-refractivity contribution in [2.45, 2.75) is 6.42 Å². The van der Waals surface area contributed by atoms with Crippen LogP contribution in [0.5, 0.6) is 5.75 Å². The molecule has 0 fully saturated rings. The third-order valence-corrected chi connectivity index (χ3v) is 4.12. The summed E-state index contributed by atoms with van der Waals surface area (Å²) in [4.78, 5) is 0. The Balaban J connectivity index is 1.96. The molecule has 0 saturated heterocycles. The lowest BCUT2D eigenvalue weighted by molar-refractivity contribution is 0.428. The van der Waals surface area contributed by atoms with Crippen LogP contribution in [0.1, 0.15) is 11.1 Å². The zero-order valence-electron chi connectivity index (χ0n) is 11.8. The topological polar surface area (TPSA) is 20.2 Å². The molecule has 0 bridgehead atoms. The van der Waals surface area contributed by atoms with Gasteiger partial charge in [0, 0.05) is 22.0 Å². The highest BCUT2D eigenvalue weighted by molar-refractivity contribution is 9.10. The second kappa shape index (κ2) is 6.32. The highest BCUT2D eigenvalue weighted by Gasteiger charge is 2.14. The van der Waals surface area contributed by atoms with Gasteiger partial charge in [-0.1, -0.05) is 70.5 Å². The molecule has 0 aliphatic rings. The van der Waals surface area contributed by atoms with Gasteiger partial charge in [0.25, 0.3) is 0 Å². The average molecular weight is 357 g/mol. The Morgan fingerprint density at radius 2 is 1.55 bits per heavy atom. The Morgan fingerprint density at radius 3 is 2.23 bits per heavy atom. The minimum atomic E-state index is -0.573. The van der Waals surface area contributed by atoms with E-state index < -0.39 is 5.82 Å². The summed E-state index contributed by atoms with van der Waals surface area (Å²) in [6.07, 6.45) is 0.504. The molecule has 3 aromatic rings. The number of hydrogen-bond acceptors (Lipinski definition) is 1. The molecule has 0 radical (unpaired) electrons. The molecule has 0 saturated carbocycles. The number of phenolic OH excluding ortho intramolecular Hbond substituents is 1. The fourth-order valence-electron chi connectivity index (χ4n) is 2.42. The summed E-state index contributed by atoms with van der Waals surface area (Å²) in [7, 11) is 0. The Hall–Kier alpha value is -2.13. The predicted molar refractivity (Wildman–Crippen MR) is 90.4 cm³/mol. The molecule has 0 atom stereocenters. The van der Waals surface area contributed by atoms with E-state index in [1.54, 1.807) is 12.1 Å². The van der Waals surface area contributed by atoms with Crippen molar-refractivity contribution in [3.8, 4) is 16.9 Å². The molecule has 0 aromatic heterocycles. The molecule has 22 heavy (non-hydrogen) atoms. The monoisotopic (exact) mass is 356 g/mol. The summed E-state index contributed by atoms with van der Waals surface area (Å²) in [6.45, 7) is 0. The van der Waals surface area contributed by atoms with Gasteiger partial charge in [0.2, 0.25) is 0 Å². The van der Waals surface area contributed by atoms with Crippen LogP contribution in [0.3, 0.4) is 0 Å². The fourth-order valence-corrected chi connectivity index (χ4v) is 2.68. The summed E-state index contributed by atoms with van der Waals surface area (Å²) in [5, 5.41) is 10.2. The number of hydrogen-bond donors (Lipinski definition) is 1. The van der Waals surface area contributed by atoms with Gasteiger partial charge in [-0.15, -0.1) is 0 Å². The molecule has 1 N–H and O–H groups in total. The van der Waals surface area contributed by atoms with Gasteiger partial charge >= 0.3 is 0 Å². The highest BCUT2D eigenvalue weighted by Crippen LogP contribution is 2.33. The van der Waals surface area contributed by atoms with E-state index in [0.717, 1.165) is 15.6 Å². The predicted octanol–water partition coefficient (Wildman–Crippen LogP) is 5.55. The molecule has 0 aliphatic carbocycles. The minimum absolute atomic E-state index is 0.274. The van der Waals surface area contributed by atoms with Crippen molar-refractivity contribution in [1.82, 2.24) is 0 Å². The van der Waals surface area contributed by atoms with E-state index >= 15 is 0 Å². The van der Waals surface area contributed by atoms with Gasteiger partial charge in [-0.3, -0.25) is 0 Å².